The molecule has 132 valence electrons. The summed E-state index contributed by atoms with van der Waals surface area (Å²) in [5.41, 5.74) is 6.35. The van der Waals surface area contributed by atoms with E-state index in [1.807, 2.05) is 12.1 Å². The molecule has 0 radical (unpaired) electrons. The van der Waals surface area contributed by atoms with Crippen molar-refractivity contribution in [3.63, 3.8) is 0 Å². The molecule has 1 heterocycles. The monoisotopic (exact) mass is 344 g/mol. The van der Waals surface area contributed by atoms with Crippen LogP contribution >= 0.6 is 0 Å². The summed E-state index contributed by atoms with van der Waals surface area (Å²) in [5.74, 6) is 2.25. The lowest BCUT2D eigenvalue weighted by atomic mass is 9.80. The minimum absolute atomic E-state index is 0.0660. The molecule has 0 saturated carbocycles. The molecule has 2 atom stereocenters. The molecule has 1 aliphatic heterocycles. The Kier molecular flexibility index (Phi) is 4.42. The fourth-order valence-electron chi connectivity index (χ4n) is 3.93. The molecule has 0 unspecified atom stereocenters. The van der Waals surface area contributed by atoms with Gasteiger partial charge in [-0.25, -0.2) is 0 Å². The van der Waals surface area contributed by atoms with Crippen molar-refractivity contribution in [2.24, 2.45) is 0 Å². The van der Waals surface area contributed by atoms with Gasteiger partial charge >= 0.3 is 0 Å². The van der Waals surface area contributed by atoms with E-state index in [1.54, 1.807) is 7.11 Å². The van der Waals surface area contributed by atoms with Gasteiger partial charge in [-0.15, -0.1) is 0 Å². The highest BCUT2D eigenvalue weighted by Gasteiger charge is 2.32. The van der Waals surface area contributed by atoms with Crippen molar-refractivity contribution in [2.75, 3.05) is 7.11 Å². The number of methoxy groups -OCH3 is 1. The molecule has 0 spiro atoms. The fraction of sp³-hybridized carbons (Fsp3) is 0.250. The van der Waals surface area contributed by atoms with E-state index >= 15 is 0 Å². The van der Waals surface area contributed by atoms with Gasteiger partial charge in [0.05, 0.1) is 7.11 Å². The van der Waals surface area contributed by atoms with E-state index in [4.69, 9.17) is 9.47 Å². The highest BCUT2D eigenvalue weighted by molar-refractivity contribution is 5.53. The first-order valence-corrected chi connectivity index (χ1v) is 9.13. The van der Waals surface area contributed by atoms with Gasteiger partial charge in [0.25, 0.3) is 0 Å². The highest BCUT2D eigenvalue weighted by Crippen LogP contribution is 2.48. The summed E-state index contributed by atoms with van der Waals surface area (Å²) in [7, 11) is 1.71. The van der Waals surface area contributed by atoms with Crippen molar-refractivity contribution < 1.29 is 9.47 Å². The lowest BCUT2D eigenvalue weighted by Gasteiger charge is -2.35. The summed E-state index contributed by atoms with van der Waals surface area (Å²) >= 11 is 0. The van der Waals surface area contributed by atoms with E-state index in [9.17, 15) is 0 Å². The van der Waals surface area contributed by atoms with Crippen molar-refractivity contribution in [1.29, 1.82) is 0 Å². The molecule has 0 amide bonds. The summed E-state index contributed by atoms with van der Waals surface area (Å²) in [6.45, 7) is 4.32. The molecule has 1 aliphatic rings. The third kappa shape index (κ3) is 2.96. The fourth-order valence-corrected chi connectivity index (χ4v) is 3.93. The predicted octanol–water partition coefficient (Wildman–Crippen LogP) is 5.97. The van der Waals surface area contributed by atoms with E-state index in [1.165, 1.54) is 27.8 Å². The number of ether oxygens (including phenoxy) is 2. The van der Waals surface area contributed by atoms with Gasteiger partial charge in [0.2, 0.25) is 0 Å². The Morgan fingerprint density at radius 3 is 2.19 bits per heavy atom. The van der Waals surface area contributed by atoms with Gasteiger partial charge < -0.3 is 9.47 Å². The second-order valence-corrected chi connectivity index (χ2v) is 7.02. The molecular weight excluding hydrogens is 320 g/mol. The SMILES string of the molecule is COc1ccc([C@@H]2C[C@H](c3ccccc3)Oc3c(C)ccc(C)c32)cc1. The molecule has 2 nitrogen and oxygen atoms in total. The van der Waals surface area contributed by atoms with Crippen LogP contribution in [0.5, 0.6) is 11.5 Å². The van der Waals surface area contributed by atoms with Gasteiger partial charge in [-0.1, -0.05) is 54.6 Å². The molecule has 4 rings (SSSR count). The molecule has 0 N–H and O–H groups in total. The number of fused-ring (bicyclic) bond motifs is 1. The van der Waals surface area contributed by atoms with Gasteiger partial charge in [0.1, 0.15) is 17.6 Å². The Morgan fingerprint density at radius 1 is 0.808 bits per heavy atom. The standard InChI is InChI=1S/C24H24O2/c1-16-9-10-17(2)24-23(16)21(18-11-13-20(25-3)14-12-18)15-22(26-24)19-7-5-4-6-8-19/h4-14,21-22H,15H2,1-3H3/t21-,22+/m0/s1. The van der Waals surface area contributed by atoms with Gasteiger partial charge in [-0.05, 0) is 54.7 Å². The topological polar surface area (TPSA) is 18.5 Å². The molecule has 0 fully saturated rings. The largest absolute Gasteiger partial charge is 0.497 e. The van der Waals surface area contributed by atoms with Gasteiger partial charge in [0.15, 0.2) is 0 Å². The van der Waals surface area contributed by atoms with Gasteiger partial charge in [-0.3, -0.25) is 0 Å². The molecule has 2 heteroatoms. The van der Waals surface area contributed by atoms with Crippen LogP contribution in [0.2, 0.25) is 0 Å². The molecule has 0 aromatic heterocycles. The maximum atomic E-state index is 6.50. The average Bonchev–Trinajstić information content (AvgIpc) is 2.71. The average molecular weight is 344 g/mol. The first kappa shape index (κ1) is 16.7. The van der Waals surface area contributed by atoms with Crippen LogP contribution in [0.1, 0.15) is 46.3 Å². The first-order chi connectivity index (χ1) is 12.7. The Labute approximate surface area is 155 Å². The van der Waals surface area contributed by atoms with E-state index in [2.05, 4.69) is 68.4 Å². The van der Waals surface area contributed by atoms with Crippen molar-refractivity contribution in [3.05, 3.63) is 94.5 Å². The summed E-state index contributed by atoms with van der Waals surface area (Å²) in [4.78, 5) is 0. The zero-order valence-corrected chi connectivity index (χ0v) is 15.5. The van der Waals surface area contributed by atoms with Gasteiger partial charge in [0, 0.05) is 11.5 Å². The van der Waals surface area contributed by atoms with E-state index in [0.717, 1.165) is 17.9 Å². The number of rotatable bonds is 3. The third-order valence-electron chi connectivity index (χ3n) is 5.36. The highest BCUT2D eigenvalue weighted by atomic mass is 16.5. The van der Waals surface area contributed by atoms with Crippen LogP contribution in [0.3, 0.4) is 0 Å². The van der Waals surface area contributed by atoms with Crippen LogP contribution in [0.25, 0.3) is 0 Å². The van der Waals surface area contributed by atoms with Crippen LogP contribution in [0.4, 0.5) is 0 Å². The van der Waals surface area contributed by atoms with Crippen LogP contribution in [-0.4, -0.2) is 7.11 Å². The smallest absolute Gasteiger partial charge is 0.127 e. The summed E-state index contributed by atoms with van der Waals surface area (Å²) in [5, 5.41) is 0. The van der Waals surface area contributed by atoms with Crippen LogP contribution < -0.4 is 9.47 Å². The molecule has 0 aliphatic carbocycles. The third-order valence-corrected chi connectivity index (χ3v) is 5.36. The molecule has 0 bridgehead atoms. The van der Waals surface area contributed by atoms with Crippen molar-refractivity contribution >= 4 is 0 Å². The van der Waals surface area contributed by atoms with Gasteiger partial charge in [-0.2, -0.15) is 0 Å². The molecule has 3 aromatic rings. The summed E-state index contributed by atoms with van der Waals surface area (Å²) in [6.07, 6.45) is 1.00. The van der Waals surface area contributed by atoms with Crippen LogP contribution in [-0.2, 0) is 0 Å². The maximum absolute atomic E-state index is 6.50. The maximum Gasteiger partial charge on any atom is 0.127 e. The Bertz CT molecular complexity index is 897. The molecular formula is C24H24O2. The normalized spacial score (nSPS) is 18.7. The summed E-state index contributed by atoms with van der Waals surface area (Å²) < 4.78 is 11.8. The zero-order chi connectivity index (χ0) is 18.1. The minimum Gasteiger partial charge on any atom is -0.497 e. The predicted molar refractivity (Wildman–Crippen MR) is 105 cm³/mol. The Balaban J connectivity index is 1.82. The second-order valence-electron chi connectivity index (χ2n) is 7.02. The van der Waals surface area contributed by atoms with E-state index in [0.29, 0.717) is 5.92 Å². The van der Waals surface area contributed by atoms with Crippen molar-refractivity contribution in [3.8, 4) is 11.5 Å². The second kappa shape index (κ2) is 6.87. The van der Waals surface area contributed by atoms with Crippen molar-refractivity contribution in [1.82, 2.24) is 0 Å². The van der Waals surface area contributed by atoms with Crippen LogP contribution in [0.15, 0.2) is 66.7 Å². The first-order valence-electron chi connectivity index (χ1n) is 9.13. The van der Waals surface area contributed by atoms with Crippen molar-refractivity contribution in [2.45, 2.75) is 32.3 Å². The number of hydrogen-bond donors (Lipinski definition) is 0. The Morgan fingerprint density at radius 2 is 1.50 bits per heavy atom. The molecule has 26 heavy (non-hydrogen) atoms. The molecule has 3 aromatic carbocycles. The van der Waals surface area contributed by atoms with E-state index in [-0.39, 0.29) is 6.10 Å². The quantitative estimate of drug-likeness (QED) is 0.583. The lowest BCUT2D eigenvalue weighted by molar-refractivity contribution is 0.166. The lowest BCUT2D eigenvalue weighted by Crippen LogP contribution is -2.21. The Hall–Kier alpha value is -2.74. The molecule has 0 saturated heterocycles. The number of benzene rings is 3. The van der Waals surface area contributed by atoms with E-state index < -0.39 is 0 Å². The number of hydrogen-bond acceptors (Lipinski definition) is 2. The number of aryl methyl sites for hydroxylation is 2. The zero-order valence-electron chi connectivity index (χ0n) is 15.5. The minimum atomic E-state index is 0.0660. The summed E-state index contributed by atoms with van der Waals surface area (Å²) in [6, 6.07) is 23.4. The van der Waals surface area contributed by atoms with Crippen LogP contribution in [0, 0.1) is 13.8 Å².